The van der Waals surface area contributed by atoms with Gasteiger partial charge in [-0.05, 0) is 31.2 Å². The second-order valence-corrected chi connectivity index (χ2v) is 6.68. The molecule has 0 spiro atoms. The van der Waals surface area contributed by atoms with Gasteiger partial charge in [0.15, 0.2) is 0 Å². The Kier molecular flexibility index (Phi) is 4.67. The predicted molar refractivity (Wildman–Crippen MR) is 105 cm³/mol. The number of hydrogen-bond acceptors (Lipinski definition) is 5. The van der Waals surface area contributed by atoms with E-state index >= 15 is 0 Å². The Morgan fingerprint density at radius 1 is 1.00 bits per heavy atom. The lowest BCUT2D eigenvalue weighted by molar-refractivity contribution is -0.132. The molecule has 0 fully saturated rings. The number of likely N-dealkylation sites (N-methyl/N-ethyl adjacent to an activating group) is 1. The zero-order chi connectivity index (χ0) is 20.5. The molecule has 0 aliphatic carbocycles. The van der Waals surface area contributed by atoms with Gasteiger partial charge in [-0.15, -0.1) is 0 Å². The van der Waals surface area contributed by atoms with Crippen molar-refractivity contribution in [2.45, 2.75) is 13.5 Å². The largest absolute Gasteiger partial charge is 0.334 e. The lowest BCUT2D eigenvalue weighted by atomic mass is 10.1. The molecule has 3 aromatic rings. The van der Waals surface area contributed by atoms with E-state index in [-0.39, 0.29) is 18.6 Å². The maximum Gasteiger partial charge on any atom is 0.262 e. The minimum Gasteiger partial charge on any atom is -0.334 e. The summed E-state index contributed by atoms with van der Waals surface area (Å²) in [5.41, 5.74) is 0.854. The van der Waals surface area contributed by atoms with Crippen molar-refractivity contribution in [3.8, 4) is 0 Å². The molecule has 2 heterocycles. The number of rotatable bonds is 5. The Bertz CT molecular complexity index is 1170. The SMILES string of the molecule is CCN(Cc1nc2ccccc2c(=O)[nH]1)C(=O)CN1C(=O)c2ccccc2C1=O. The fourth-order valence-corrected chi connectivity index (χ4v) is 3.38. The Labute approximate surface area is 165 Å². The summed E-state index contributed by atoms with van der Waals surface area (Å²) >= 11 is 0. The number of aromatic nitrogens is 2. The molecule has 29 heavy (non-hydrogen) atoms. The van der Waals surface area contributed by atoms with E-state index in [1.54, 1.807) is 55.5 Å². The highest BCUT2D eigenvalue weighted by atomic mass is 16.2. The fourth-order valence-electron chi connectivity index (χ4n) is 3.38. The van der Waals surface area contributed by atoms with Gasteiger partial charge in [0.25, 0.3) is 17.4 Å². The highest BCUT2D eigenvalue weighted by molar-refractivity contribution is 6.22. The van der Waals surface area contributed by atoms with Gasteiger partial charge >= 0.3 is 0 Å². The lowest BCUT2D eigenvalue weighted by Crippen LogP contribution is -2.42. The van der Waals surface area contributed by atoms with Crippen LogP contribution in [0.15, 0.2) is 53.3 Å². The maximum absolute atomic E-state index is 12.8. The number of H-pyrrole nitrogens is 1. The van der Waals surface area contributed by atoms with Crippen LogP contribution in [0.25, 0.3) is 10.9 Å². The van der Waals surface area contributed by atoms with Gasteiger partial charge in [0.2, 0.25) is 5.91 Å². The number of nitrogens with zero attached hydrogens (tertiary/aromatic N) is 3. The van der Waals surface area contributed by atoms with Crippen LogP contribution in [0.1, 0.15) is 33.5 Å². The van der Waals surface area contributed by atoms with Crippen LogP contribution in [0.3, 0.4) is 0 Å². The molecule has 0 radical (unpaired) electrons. The first-order valence-electron chi connectivity index (χ1n) is 9.20. The van der Waals surface area contributed by atoms with Gasteiger partial charge in [-0.25, -0.2) is 4.98 Å². The predicted octanol–water partition coefficient (Wildman–Crippen LogP) is 1.57. The first kappa shape index (κ1) is 18.5. The van der Waals surface area contributed by atoms with Gasteiger partial charge in [0.05, 0.1) is 28.6 Å². The Morgan fingerprint density at radius 2 is 1.62 bits per heavy atom. The number of benzene rings is 2. The van der Waals surface area contributed by atoms with E-state index < -0.39 is 17.7 Å². The monoisotopic (exact) mass is 390 g/mol. The maximum atomic E-state index is 12.8. The number of para-hydroxylation sites is 1. The quantitative estimate of drug-likeness (QED) is 0.666. The number of amides is 3. The first-order chi connectivity index (χ1) is 14.0. The average Bonchev–Trinajstić information content (AvgIpc) is 2.97. The number of hydrogen-bond donors (Lipinski definition) is 1. The van der Waals surface area contributed by atoms with Crippen LogP contribution in [-0.2, 0) is 11.3 Å². The van der Waals surface area contributed by atoms with Gasteiger partial charge in [-0.1, -0.05) is 24.3 Å². The normalized spacial score (nSPS) is 13.1. The number of carbonyl (C=O) groups excluding carboxylic acids is 3. The van der Waals surface area contributed by atoms with Crippen LogP contribution in [0, 0.1) is 0 Å². The van der Waals surface area contributed by atoms with Gasteiger partial charge < -0.3 is 9.88 Å². The van der Waals surface area contributed by atoms with Crippen molar-refractivity contribution >= 4 is 28.6 Å². The van der Waals surface area contributed by atoms with Crippen molar-refractivity contribution in [3.63, 3.8) is 0 Å². The standard InChI is InChI=1S/C21H18N4O4/c1-2-24(11-17-22-16-10-6-5-9-15(16)19(27)23-17)18(26)12-25-20(28)13-7-3-4-8-14(13)21(25)29/h3-10H,2,11-12H2,1H3,(H,22,23,27). The summed E-state index contributed by atoms with van der Waals surface area (Å²) in [6, 6.07) is 13.4. The summed E-state index contributed by atoms with van der Waals surface area (Å²) in [5.74, 6) is -1.02. The molecule has 0 saturated carbocycles. The molecule has 0 atom stereocenters. The third-order valence-electron chi connectivity index (χ3n) is 4.91. The minimum absolute atomic E-state index is 0.0680. The highest BCUT2D eigenvalue weighted by Crippen LogP contribution is 2.22. The fraction of sp³-hybridized carbons (Fsp3) is 0.190. The molecule has 1 aliphatic rings. The summed E-state index contributed by atoms with van der Waals surface area (Å²) in [4.78, 5) is 59.5. The van der Waals surface area contributed by atoms with Crippen LogP contribution in [0.4, 0.5) is 0 Å². The molecular formula is C21H18N4O4. The molecule has 0 saturated heterocycles. The van der Waals surface area contributed by atoms with Crippen molar-refractivity contribution < 1.29 is 14.4 Å². The van der Waals surface area contributed by atoms with Gasteiger partial charge in [-0.3, -0.25) is 24.1 Å². The highest BCUT2D eigenvalue weighted by Gasteiger charge is 2.36. The second kappa shape index (κ2) is 7.31. The van der Waals surface area contributed by atoms with E-state index in [0.717, 1.165) is 4.90 Å². The molecule has 3 amide bonds. The van der Waals surface area contributed by atoms with Gasteiger partial charge in [0.1, 0.15) is 12.4 Å². The number of imide groups is 1. The third kappa shape index (κ3) is 3.29. The number of carbonyl (C=O) groups is 3. The number of aromatic amines is 1. The van der Waals surface area contributed by atoms with Crippen LogP contribution < -0.4 is 5.56 Å². The van der Waals surface area contributed by atoms with E-state index in [9.17, 15) is 19.2 Å². The molecule has 146 valence electrons. The summed E-state index contributed by atoms with van der Waals surface area (Å²) in [7, 11) is 0. The molecule has 1 aromatic heterocycles. The number of nitrogens with one attached hydrogen (secondary N) is 1. The Morgan fingerprint density at radius 3 is 2.28 bits per heavy atom. The van der Waals surface area contributed by atoms with Crippen LogP contribution in [0.5, 0.6) is 0 Å². The van der Waals surface area contributed by atoms with Crippen LogP contribution >= 0.6 is 0 Å². The summed E-state index contributed by atoms with van der Waals surface area (Å²) < 4.78 is 0. The van der Waals surface area contributed by atoms with Crippen molar-refractivity contribution in [1.82, 2.24) is 19.8 Å². The molecular weight excluding hydrogens is 372 g/mol. The summed E-state index contributed by atoms with van der Waals surface area (Å²) in [6.45, 7) is 1.81. The van der Waals surface area contributed by atoms with E-state index in [2.05, 4.69) is 9.97 Å². The molecule has 1 N–H and O–H groups in total. The first-order valence-corrected chi connectivity index (χ1v) is 9.20. The zero-order valence-corrected chi connectivity index (χ0v) is 15.7. The zero-order valence-electron chi connectivity index (χ0n) is 15.7. The Hall–Kier alpha value is -3.81. The van der Waals surface area contributed by atoms with E-state index in [1.807, 2.05) is 0 Å². The van der Waals surface area contributed by atoms with Crippen LogP contribution in [-0.4, -0.2) is 50.6 Å². The Balaban J connectivity index is 1.53. The minimum atomic E-state index is -0.479. The molecule has 8 nitrogen and oxygen atoms in total. The molecule has 1 aliphatic heterocycles. The molecule has 0 unspecified atom stereocenters. The topological polar surface area (TPSA) is 103 Å². The third-order valence-corrected chi connectivity index (χ3v) is 4.91. The van der Waals surface area contributed by atoms with Crippen molar-refractivity contribution in [2.24, 2.45) is 0 Å². The lowest BCUT2D eigenvalue weighted by Gasteiger charge is -2.23. The van der Waals surface area contributed by atoms with Gasteiger partial charge in [-0.2, -0.15) is 0 Å². The van der Waals surface area contributed by atoms with Crippen molar-refractivity contribution in [1.29, 1.82) is 0 Å². The van der Waals surface area contributed by atoms with Gasteiger partial charge in [0, 0.05) is 6.54 Å². The summed E-state index contributed by atoms with van der Waals surface area (Å²) in [6.07, 6.45) is 0. The van der Waals surface area contributed by atoms with E-state index in [1.165, 1.54) is 4.90 Å². The number of fused-ring (bicyclic) bond motifs is 2. The van der Waals surface area contributed by atoms with E-state index in [0.29, 0.717) is 34.4 Å². The van der Waals surface area contributed by atoms with Crippen molar-refractivity contribution in [2.75, 3.05) is 13.1 Å². The van der Waals surface area contributed by atoms with Crippen molar-refractivity contribution in [3.05, 3.63) is 75.8 Å². The molecule has 0 bridgehead atoms. The smallest absolute Gasteiger partial charge is 0.262 e. The van der Waals surface area contributed by atoms with E-state index in [4.69, 9.17) is 0 Å². The molecule has 2 aromatic carbocycles. The summed E-state index contributed by atoms with van der Waals surface area (Å²) in [5, 5.41) is 0.469. The molecule has 8 heteroatoms. The molecule has 4 rings (SSSR count). The van der Waals surface area contributed by atoms with Crippen LogP contribution in [0.2, 0.25) is 0 Å². The second-order valence-electron chi connectivity index (χ2n) is 6.68. The average molecular weight is 390 g/mol.